The van der Waals surface area contributed by atoms with E-state index in [1.165, 1.54) is 36.4 Å². The second kappa shape index (κ2) is 5.40. The van der Waals surface area contributed by atoms with Crippen molar-refractivity contribution in [2.75, 3.05) is 7.05 Å². The molecule has 2 rings (SSSR count). The van der Waals surface area contributed by atoms with Gasteiger partial charge in [0.05, 0.1) is 0 Å². The van der Waals surface area contributed by atoms with E-state index >= 15 is 0 Å². The maximum Gasteiger partial charge on any atom is 0.128 e. The topological polar surface area (TPSA) is 105 Å². The van der Waals surface area contributed by atoms with E-state index in [9.17, 15) is 20.4 Å². The smallest absolute Gasteiger partial charge is 0.128 e. The molecule has 6 nitrogen and oxygen atoms in total. The van der Waals surface area contributed by atoms with E-state index in [-0.39, 0.29) is 28.7 Å². The quantitative estimate of drug-likeness (QED) is 0.430. The van der Waals surface area contributed by atoms with Gasteiger partial charge in [-0.3, -0.25) is 0 Å². The minimum Gasteiger partial charge on any atom is -0.508 e. The highest BCUT2D eigenvalue weighted by Crippen LogP contribution is 2.30. The Morgan fingerprint density at radius 3 is 1.65 bits per heavy atom. The van der Waals surface area contributed by atoms with E-state index in [1.807, 2.05) is 0 Å². The molecule has 0 saturated heterocycles. The van der Waals surface area contributed by atoms with Gasteiger partial charge in [-0.2, -0.15) is 5.10 Å². The van der Waals surface area contributed by atoms with E-state index in [4.69, 9.17) is 0 Å². The van der Waals surface area contributed by atoms with Gasteiger partial charge in [0.15, 0.2) is 0 Å². The molecule has 0 spiro atoms. The number of benzene rings is 2. The van der Waals surface area contributed by atoms with Gasteiger partial charge in [0.25, 0.3) is 0 Å². The molecule has 20 heavy (non-hydrogen) atoms. The molecule has 0 saturated carbocycles. The fraction of sp³-hybridized carbons (Fsp3) is 0.0714. The summed E-state index contributed by atoms with van der Waals surface area (Å²) in [6.07, 6.45) is 0. The van der Waals surface area contributed by atoms with E-state index in [2.05, 4.69) is 10.5 Å². The van der Waals surface area contributed by atoms with Crippen LogP contribution in [-0.4, -0.2) is 33.2 Å². The molecule has 0 aliphatic rings. The molecule has 0 bridgehead atoms. The van der Waals surface area contributed by atoms with Crippen molar-refractivity contribution in [2.45, 2.75) is 0 Å². The number of aromatic hydroxyl groups is 4. The highest BCUT2D eigenvalue weighted by atomic mass is 16.3. The molecule has 0 amide bonds. The zero-order valence-corrected chi connectivity index (χ0v) is 10.7. The lowest BCUT2D eigenvalue weighted by molar-refractivity contribution is 0.449. The van der Waals surface area contributed by atoms with Crippen molar-refractivity contribution in [3.8, 4) is 23.0 Å². The molecule has 0 heterocycles. The zero-order chi connectivity index (χ0) is 14.7. The number of hydrogen-bond donors (Lipinski definition) is 5. The van der Waals surface area contributed by atoms with E-state index in [0.717, 1.165) is 0 Å². The van der Waals surface area contributed by atoms with Crippen molar-refractivity contribution in [3.05, 3.63) is 47.5 Å². The first-order valence-corrected chi connectivity index (χ1v) is 5.82. The monoisotopic (exact) mass is 274 g/mol. The van der Waals surface area contributed by atoms with E-state index in [0.29, 0.717) is 11.1 Å². The number of rotatable bonds is 3. The lowest BCUT2D eigenvalue weighted by Crippen LogP contribution is -2.09. The van der Waals surface area contributed by atoms with Crippen LogP contribution in [0.2, 0.25) is 0 Å². The first kappa shape index (κ1) is 13.5. The number of nitrogens with one attached hydrogen (secondary N) is 1. The Balaban J connectivity index is 2.60. The van der Waals surface area contributed by atoms with Crippen molar-refractivity contribution in [1.29, 1.82) is 0 Å². The summed E-state index contributed by atoms with van der Waals surface area (Å²) in [6.45, 7) is 0. The molecule has 0 fully saturated rings. The lowest BCUT2D eigenvalue weighted by Gasteiger charge is -2.11. The van der Waals surface area contributed by atoms with Gasteiger partial charge in [0.1, 0.15) is 28.7 Å². The van der Waals surface area contributed by atoms with E-state index in [1.54, 1.807) is 7.05 Å². The third kappa shape index (κ3) is 2.59. The summed E-state index contributed by atoms with van der Waals surface area (Å²) in [5, 5.41) is 42.4. The molecule has 0 aliphatic heterocycles. The summed E-state index contributed by atoms with van der Waals surface area (Å²) in [4.78, 5) is 0. The van der Waals surface area contributed by atoms with Crippen LogP contribution in [0.4, 0.5) is 0 Å². The molecule has 0 aromatic heterocycles. The molecular formula is C14H14N2O4. The van der Waals surface area contributed by atoms with E-state index < -0.39 is 0 Å². The molecular weight excluding hydrogens is 260 g/mol. The van der Waals surface area contributed by atoms with Crippen molar-refractivity contribution < 1.29 is 20.4 Å². The van der Waals surface area contributed by atoms with Gasteiger partial charge in [0, 0.05) is 30.3 Å². The van der Waals surface area contributed by atoms with Crippen LogP contribution in [0.3, 0.4) is 0 Å². The van der Waals surface area contributed by atoms with Gasteiger partial charge in [-0.1, -0.05) is 0 Å². The lowest BCUT2D eigenvalue weighted by atomic mass is 10.0. The maximum atomic E-state index is 9.90. The third-order valence-electron chi connectivity index (χ3n) is 2.70. The van der Waals surface area contributed by atoms with Crippen LogP contribution in [0.25, 0.3) is 0 Å². The first-order chi connectivity index (χ1) is 9.52. The first-order valence-electron chi connectivity index (χ1n) is 5.82. The molecule has 2 aromatic carbocycles. The van der Waals surface area contributed by atoms with Crippen molar-refractivity contribution in [2.24, 2.45) is 5.10 Å². The standard InChI is InChI=1S/C14H14N2O4/c1-15-16-14(10-4-2-8(17)6-12(10)19)11-5-3-9(18)7-13(11)20/h2-7,15,17-20H,1H3. The van der Waals surface area contributed by atoms with Crippen LogP contribution >= 0.6 is 0 Å². The Morgan fingerprint density at radius 2 is 1.30 bits per heavy atom. The zero-order valence-electron chi connectivity index (χ0n) is 10.7. The van der Waals surface area contributed by atoms with Gasteiger partial charge in [-0.15, -0.1) is 0 Å². The average molecular weight is 274 g/mol. The van der Waals surface area contributed by atoms with Crippen LogP contribution in [0.15, 0.2) is 41.5 Å². The Morgan fingerprint density at radius 1 is 0.850 bits per heavy atom. The summed E-state index contributed by atoms with van der Waals surface area (Å²) in [6, 6.07) is 8.12. The molecule has 5 N–H and O–H groups in total. The second-order valence-corrected chi connectivity index (χ2v) is 4.09. The number of phenolic OH excluding ortho intramolecular Hbond substituents is 4. The summed E-state index contributed by atoms with van der Waals surface area (Å²) in [7, 11) is 1.58. The largest absolute Gasteiger partial charge is 0.508 e. The number of hydrazone groups is 1. The molecule has 2 aromatic rings. The minimum atomic E-state index is -0.175. The summed E-state index contributed by atoms with van der Waals surface area (Å²) >= 11 is 0. The second-order valence-electron chi connectivity index (χ2n) is 4.09. The van der Waals surface area contributed by atoms with Crippen LogP contribution in [0, 0.1) is 0 Å². The van der Waals surface area contributed by atoms with Crippen LogP contribution in [-0.2, 0) is 0 Å². The number of nitrogens with zero attached hydrogens (tertiary/aromatic N) is 1. The molecule has 6 heteroatoms. The van der Waals surface area contributed by atoms with Gasteiger partial charge in [-0.25, -0.2) is 0 Å². The molecule has 0 unspecified atom stereocenters. The Hall–Kier alpha value is -2.89. The van der Waals surface area contributed by atoms with Crippen LogP contribution < -0.4 is 5.43 Å². The molecule has 0 aliphatic carbocycles. The summed E-state index contributed by atoms with van der Waals surface area (Å²) < 4.78 is 0. The SMILES string of the molecule is CNN=C(c1ccc(O)cc1O)c1ccc(O)cc1O. The Kier molecular flexibility index (Phi) is 3.65. The minimum absolute atomic E-state index is 0.0787. The van der Waals surface area contributed by atoms with Crippen molar-refractivity contribution in [3.63, 3.8) is 0 Å². The average Bonchev–Trinajstić information content (AvgIpc) is 2.37. The van der Waals surface area contributed by atoms with Crippen molar-refractivity contribution in [1.82, 2.24) is 5.43 Å². The molecule has 104 valence electrons. The predicted molar refractivity (Wildman–Crippen MR) is 74.2 cm³/mol. The van der Waals surface area contributed by atoms with Gasteiger partial charge < -0.3 is 25.9 Å². The fourth-order valence-electron chi connectivity index (χ4n) is 1.82. The highest BCUT2D eigenvalue weighted by molar-refractivity contribution is 6.15. The highest BCUT2D eigenvalue weighted by Gasteiger charge is 2.16. The van der Waals surface area contributed by atoms with Gasteiger partial charge in [-0.05, 0) is 24.3 Å². The molecule has 0 radical (unpaired) electrons. The van der Waals surface area contributed by atoms with Gasteiger partial charge >= 0.3 is 0 Å². The normalized spacial score (nSPS) is 10.1. The van der Waals surface area contributed by atoms with Crippen LogP contribution in [0.1, 0.15) is 11.1 Å². The van der Waals surface area contributed by atoms with Crippen LogP contribution in [0.5, 0.6) is 23.0 Å². The number of phenols is 4. The Bertz CT molecular complexity index is 615. The fourth-order valence-corrected chi connectivity index (χ4v) is 1.82. The van der Waals surface area contributed by atoms with Crippen molar-refractivity contribution >= 4 is 5.71 Å². The summed E-state index contributed by atoms with van der Waals surface area (Å²) in [5.74, 6) is -0.507. The number of hydrogen-bond acceptors (Lipinski definition) is 6. The summed E-state index contributed by atoms with van der Waals surface area (Å²) in [5.41, 5.74) is 3.53. The Labute approximate surface area is 115 Å². The third-order valence-corrected chi connectivity index (χ3v) is 2.70. The maximum absolute atomic E-state index is 9.90. The predicted octanol–water partition coefficient (Wildman–Crippen LogP) is 1.48. The van der Waals surface area contributed by atoms with Gasteiger partial charge in [0.2, 0.25) is 0 Å². The molecule has 0 atom stereocenters.